The molecule has 0 fully saturated rings. The van der Waals surface area contributed by atoms with Gasteiger partial charge in [0.1, 0.15) is 11.6 Å². The van der Waals surface area contributed by atoms with Crippen LogP contribution in [0, 0.1) is 0 Å². The second-order valence-corrected chi connectivity index (χ2v) is 7.01. The van der Waals surface area contributed by atoms with Crippen LogP contribution >= 0.6 is 0 Å². The van der Waals surface area contributed by atoms with E-state index in [2.05, 4.69) is 15.6 Å². The van der Waals surface area contributed by atoms with Gasteiger partial charge < -0.3 is 24.5 Å². The van der Waals surface area contributed by atoms with Gasteiger partial charge in [0.25, 0.3) is 5.91 Å². The number of aryl methyl sites for hydroxylation is 1. The highest BCUT2D eigenvalue weighted by atomic mass is 16.3. The molecule has 0 bridgehead atoms. The molecule has 8 nitrogen and oxygen atoms in total. The molecule has 0 radical (unpaired) electrons. The summed E-state index contributed by atoms with van der Waals surface area (Å²) in [4.78, 5) is 30.7. The van der Waals surface area contributed by atoms with Crippen molar-refractivity contribution in [2.75, 3.05) is 7.05 Å². The van der Waals surface area contributed by atoms with Crippen molar-refractivity contribution in [1.29, 1.82) is 0 Å². The predicted molar refractivity (Wildman–Crippen MR) is 106 cm³/mol. The number of fused-ring (bicyclic) bond motifs is 1. The average Bonchev–Trinajstić information content (AvgIpc) is 3.27. The van der Waals surface area contributed by atoms with Crippen LogP contribution in [-0.4, -0.2) is 39.5 Å². The number of hydrogen-bond acceptors (Lipinski definition) is 4. The Morgan fingerprint density at radius 2 is 2.07 bits per heavy atom. The third kappa shape index (κ3) is 4.33. The van der Waals surface area contributed by atoms with Crippen molar-refractivity contribution in [1.82, 2.24) is 25.1 Å². The van der Waals surface area contributed by atoms with Gasteiger partial charge in [-0.15, -0.1) is 0 Å². The van der Waals surface area contributed by atoms with Gasteiger partial charge >= 0.3 is 6.03 Å². The fourth-order valence-corrected chi connectivity index (χ4v) is 2.87. The fraction of sp³-hybridized carbons (Fsp3) is 0.350. The van der Waals surface area contributed by atoms with E-state index in [1.807, 2.05) is 31.5 Å². The monoisotopic (exact) mass is 383 g/mol. The van der Waals surface area contributed by atoms with E-state index < -0.39 is 0 Å². The van der Waals surface area contributed by atoms with Gasteiger partial charge in [-0.1, -0.05) is 0 Å². The van der Waals surface area contributed by atoms with Crippen LogP contribution in [0.4, 0.5) is 4.79 Å². The summed E-state index contributed by atoms with van der Waals surface area (Å²) >= 11 is 0. The number of aromatic nitrogens is 2. The van der Waals surface area contributed by atoms with Crippen molar-refractivity contribution in [2.45, 2.75) is 33.0 Å². The molecule has 28 heavy (non-hydrogen) atoms. The summed E-state index contributed by atoms with van der Waals surface area (Å²) < 4.78 is 7.14. The molecule has 0 atom stereocenters. The van der Waals surface area contributed by atoms with Gasteiger partial charge in [-0.25, -0.2) is 9.78 Å². The zero-order valence-corrected chi connectivity index (χ0v) is 16.5. The molecule has 2 aromatic heterocycles. The lowest BCUT2D eigenvalue weighted by Crippen LogP contribution is -2.36. The summed E-state index contributed by atoms with van der Waals surface area (Å²) in [5.74, 6) is 1.29. The normalized spacial score (nSPS) is 11.0. The smallest absolute Gasteiger partial charge is 0.317 e. The van der Waals surface area contributed by atoms with Crippen LogP contribution < -0.4 is 10.6 Å². The van der Waals surface area contributed by atoms with Crippen LogP contribution in [0.25, 0.3) is 11.0 Å². The number of imidazole rings is 1. The van der Waals surface area contributed by atoms with Crippen LogP contribution in [0.2, 0.25) is 0 Å². The number of carbonyl (C=O) groups excluding carboxylic acids is 2. The molecule has 8 heteroatoms. The van der Waals surface area contributed by atoms with Crippen LogP contribution in [-0.2, 0) is 20.1 Å². The zero-order valence-electron chi connectivity index (χ0n) is 16.5. The highest BCUT2D eigenvalue weighted by Gasteiger charge is 2.16. The maximum Gasteiger partial charge on any atom is 0.317 e. The molecule has 2 heterocycles. The molecule has 0 aliphatic rings. The number of nitrogens with one attached hydrogen (secondary N) is 2. The summed E-state index contributed by atoms with van der Waals surface area (Å²) in [5, 5.41) is 5.68. The van der Waals surface area contributed by atoms with Crippen molar-refractivity contribution in [3.63, 3.8) is 0 Å². The molecule has 3 amide bonds. The Bertz CT molecular complexity index is 975. The second kappa shape index (κ2) is 8.16. The Labute approximate surface area is 163 Å². The molecule has 1 aromatic carbocycles. The molecule has 0 aliphatic carbocycles. The molecule has 0 saturated heterocycles. The molecule has 148 valence electrons. The molecule has 3 rings (SSSR count). The van der Waals surface area contributed by atoms with Crippen molar-refractivity contribution >= 4 is 23.0 Å². The van der Waals surface area contributed by atoms with Gasteiger partial charge in [-0.2, -0.15) is 0 Å². The van der Waals surface area contributed by atoms with Gasteiger partial charge in [0.15, 0.2) is 0 Å². The van der Waals surface area contributed by atoms with Crippen LogP contribution in [0.15, 0.2) is 41.0 Å². The van der Waals surface area contributed by atoms with Gasteiger partial charge in [0.05, 0.1) is 30.4 Å². The van der Waals surface area contributed by atoms with Crippen molar-refractivity contribution < 1.29 is 14.0 Å². The Kier molecular flexibility index (Phi) is 5.67. The summed E-state index contributed by atoms with van der Waals surface area (Å²) in [6.07, 6.45) is 1.57. The number of nitrogens with zero attached hydrogens (tertiary/aromatic N) is 3. The van der Waals surface area contributed by atoms with E-state index >= 15 is 0 Å². The highest BCUT2D eigenvalue weighted by Crippen LogP contribution is 2.18. The minimum absolute atomic E-state index is 0.0656. The Hall–Kier alpha value is -3.29. The summed E-state index contributed by atoms with van der Waals surface area (Å²) in [5.41, 5.74) is 2.19. The number of carbonyl (C=O) groups is 2. The fourth-order valence-electron chi connectivity index (χ4n) is 2.87. The Balaban J connectivity index is 1.71. The molecule has 0 spiro atoms. The third-order valence-electron chi connectivity index (χ3n) is 4.37. The van der Waals surface area contributed by atoms with Crippen LogP contribution in [0.3, 0.4) is 0 Å². The van der Waals surface area contributed by atoms with Crippen molar-refractivity contribution in [3.05, 3.63) is 53.7 Å². The van der Waals surface area contributed by atoms with E-state index in [1.54, 1.807) is 42.5 Å². The second-order valence-electron chi connectivity index (χ2n) is 7.01. The standard InChI is InChI=1S/C20H25N5O3/c1-13(2)22-19(26)14-7-8-17-16(10-14)23-18(25(17)4)12-24(3)20(27)21-11-15-6-5-9-28-15/h5-10,13H,11-12H2,1-4H3,(H,21,27)(H,22,26). The maximum absolute atomic E-state index is 12.3. The minimum atomic E-state index is -0.222. The van der Waals surface area contributed by atoms with Crippen molar-refractivity contribution in [2.24, 2.45) is 7.05 Å². The first-order valence-corrected chi connectivity index (χ1v) is 9.12. The van der Waals surface area contributed by atoms with Crippen molar-refractivity contribution in [3.8, 4) is 0 Å². The SMILES string of the molecule is CC(C)NC(=O)c1ccc2c(c1)nc(CN(C)C(=O)NCc1ccco1)n2C. The molecule has 0 aliphatic heterocycles. The predicted octanol–water partition coefficient (Wildman–Crippen LogP) is 2.65. The van der Waals surface area contributed by atoms with E-state index in [1.165, 1.54) is 0 Å². The van der Waals surface area contributed by atoms with Gasteiger partial charge in [-0.3, -0.25) is 4.79 Å². The quantitative estimate of drug-likeness (QED) is 0.684. The van der Waals surface area contributed by atoms with E-state index in [0.29, 0.717) is 24.4 Å². The summed E-state index contributed by atoms with van der Waals surface area (Å²) in [7, 11) is 3.60. The third-order valence-corrected chi connectivity index (χ3v) is 4.37. The lowest BCUT2D eigenvalue weighted by molar-refractivity contribution is 0.0943. The summed E-state index contributed by atoms with van der Waals surface area (Å²) in [6.45, 7) is 4.50. The number of rotatable bonds is 6. The number of furan rings is 1. The lowest BCUT2D eigenvalue weighted by Gasteiger charge is -2.17. The zero-order chi connectivity index (χ0) is 20.3. The molecule has 3 aromatic rings. The van der Waals surface area contributed by atoms with Gasteiger partial charge in [-0.05, 0) is 44.2 Å². The Morgan fingerprint density at radius 3 is 2.75 bits per heavy atom. The first-order chi connectivity index (χ1) is 13.3. The van der Waals surface area contributed by atoms with E-state index in [-0.39, 0.29) is 18.0 Å². The highest BCUT2D eigenvalue weighted by molar-refractivity contribution is 5.97. The number of hydrogen-bond donors (Lipinski definition) is 2. The van der Waals surface area contributed by atoms with E-state index in [0.717, 1.165) is 16.9 Å². The maximum atomic E-state index is 12.3. The molecule has 0 saturated carbocycles. The number of benzene rings is 1. The minimum Gasteiger partial charge on any atom is -0.467 e. The summed E-state index contributed by atoms with van der Waals surface area (Å²) in [6, 6.07) is 8.85. The number of urea groups is 1. The first-order valence-electron chi connectivity index (χ1n) is 9.12. The lowest BCUT2D eigenvalue weighted by atomic mass is 10.2. The molecule has 0 unspecified atom stereocenters. The Morgan fingerprint density at radius 1 is 1.29 bits per heavy atom. The van der Waals surface area contributed by atoms with Gasteiger partial charge in [0, 0.05) is 25.7 Å². The topological polar surface area (TPSA) is 92.4 Å². The molecule has 2 N–H and O–H groups in total. The van der Waals surface area contributed by atoms with Crippen LogP contribution in [0.1, 0.15) is 35.8 Å². The van der Waals surface area contributed by atoms with E-state index in [9.17, 15) is 9.59 Å². The largest absolute Gasteiger partial charge is 0.467 e. The van der Waals surface area contributed by atoms with E-state index in [4.69, 9.17) is 4.42 Å². The molecular formula is C20H25N5O3. The average molecular weight is 383 g/mol. The van der Waals surface area contributed by atoms with Crippen LogP contribution in [0.5, 0.6) is 0 Å². The number of amides is 3. The molecular weight excluding hydrogens is 358 g/mol. The van der Waals surface area contributed by atoms with Gasteiger partial charge in [0.2, 0.25) is 0 Å². The first kappa shape index (κ1) is 19.5.